The zero-order valence-corrected chi connectivity index (χ0v) is 10.4. The minimum Gasteiger partial charge on any atom is -0.342 e. The molecule has 8 nitrogen and oxygen atoms in total. The molecule has 0 fully saturated rings. The molecule has 96 valence electrons. The summed E-state index contributed by atoms with van der Waals surface area (Å²) in [6, 6.07) is 0. The third-order valence-electron chi connectivity index (χ3n) is 2.23. The number of aryl methyl sites for hydroxylation is 1. The lowest BCUT2D eigenvalue weighted by atomic mass is 10.2. The molecule has 0 saturated heterocycles. The van der Waals surface area contributed by atoms with E-state index in [2.05, 4.69) is 30.6 Å². The number of carbonyl (C=O) groups is 1. The Kier molecular flexibility index (Phi) is 3.35. The Morgan fingerprint density at radius 3 is 2.78 bits per heavy atom. The van der Waals surface area contributed by atoms with Gasteiger partial charge in [-0.1, -0.05) is 19.0 Å². The van der Waals surface area contributed by atoms with Crippen LogP contribution in [0.2, 0.25) is 0 Å². The summed E-state index contributed by atoms with van der Waals surface area (Å²) in [5.41, 5.74) is 0. The number of amides is 1. The molecule has 2 aromatic heterocycles. The van der Waals surface area contributed by atoms with Crippen molar-refractivity contribution in [3.8, 4) is 0 Å². The highest BCUT2D eigenvalue weighted by molar-refractivity contribution is 5.90. The van der Waals surface area contributed by atoms with Crippen molar-refractivity contribution in [2.24, 2.45) is 0 Å². The van der Waals surface area contributed by atoms with E-state index in [1.54, 1.807) is 6.92 Å². The van der Waals surface area contributed by atoms with Gasteiger partial charge in [-0.2, -0.15) is 4.98 Å². The van der Waals surface area contributed by atoms with Crippen molar-refractivity contribution in [1.29, 1.82) is 0 Å². The zero-order chi connectivity index (χ0) is 13.1. The molecule has 0 bridgehead atoms. The number of H-pyrrole nitrogens is 1. The predicted octanol–water partition coefficient (Wildman–Crippen LogP) is 0.550. The maximum Gasteiger partial charge on any atom is 0.291 e. The van der Waals surface area contributed by atoms with Gasteiger partial charge in [0.05, 0.1) is 6.54 Å². The van der Waals surface area contributed by atoms with Gasteiger partial charge in [-0.15, -0.1) is 5.10 Å². The standard InChI is InChI=1S/C10H14N6O2/c1-5(2)8-13-9(15-14-8)10(17)11-4-7-12-6(3)18-16-7/h5H,4H2,1-3H3,(H,11,17)(H,13,14,15). The van der Waals surface area contributed by atoms with Gasteiger partial charge in [0, 0.05) is 12.8 Å². The van der Waals surface area contributed by atoms with Crippen LogP contribution in [0.15, 0.2) is 4.52 Å². The monoisotopic (exact) mass is 250 g/mol. The number of rotatable bonds is 4. The first-order chi connectivity index (χ1) is 8.56. The maximum absolute atomic E-state index is 11.7. The molecule has 0 aliphatic rings. The van der Waals surface area contributed by atoms with Gasteiger partial charge in [0.15, 0.2) is 5.82 Å². The Bertz CT molecular complexity index is 544. The van der Waals surface area contributed by atoms with Crippen LogP contribution >= 0.6 is 0 Å². The van der Waals surface area contributed by atoms with Crippen LogP contribution in [0.1, 0.15) is 47.9 Å². The molecule has 2 aromatic rings. The molecule has 2 heterocycles. The van der Waals surface area contributed by atoms with Gasteiger partial charge in [0.25, 0.3) is 5.91 Å². The third-order valence-corrected chi connectivity index (χ3v) is 2.23. The number of carbonyl (C=O) groups excluding carboxylic acids is 1. The van der Waals surface area contributed by atoms with E-state index in [-0.39, 0.29) is 24.2 Å². The average molecular weight is 250 g/mol. The fourth-order valence-corrected chi connectivity index (χ4v) is 1.29. The van der Waals surface area contributed by atoms with Crippen molar-refractivity contribution in [1.82, 2.24) is 30.6 Å². The van der Waals surface area contributed by atoms with E-state index in [1.165, 1.54) is 0 Å². The summed E-state index contributed by atoms with van der Waals surface area (Å²) in [5.74, 6) is 1.48. The van der Waals surface area contributed by atoms with Crippen LogP contribution < -0.4 is 5.32 Å². The number of aromatic nitrogens is 5. The Balaban J connectivity index is 1.95. The van der Waals surface area contributed by atoms with Gasteiger partial charge in [-0.05, 0) is 0 Å². The normalized spacial score (nSPS) is 10.9. The van der Waals surface area contributed by atoms with Crippen molar-refractivity contribution in [3.05, 3.63) is 23.4 Å². The number of nitrogens with one attached hydrogen (secondary N) is 2. The molecule has 2 rings (SSSR count). The molecule has 8 heteroatoms. The highest BCUT2D eigenvalue weighted by atomic mass is 16.5. The Hall–Kier alpha value is -2.25. The third kappa shape index (κ3) is 2.70. The largest absolute Gasteiger partial charge is 0.342 e. The fourth-order valence-electron chi connectivity index (χ4n) is 1.29. The number of aromatic amines is 1. The summed E-state index contributed by atoms with van der Waals surface area (Å²) >= 11 is 0. The lowest BCUT2D eigenvalue weighted by Crippen LogP contribution is -2.24. The molecule has 2 N–H and O–H groups in total. The van der Waals surface area contributed by atoms with Crippen LogP contribution in [0.4, 0.5) is 0 Å². The minimum absolute atomic E-state index is 0.110. The number of nitrogens with zero attached hydrogens (tertiary/aromatic N) is 4. The topological polar surface area (TPSA) is 110 Å². The van der Waals surface area contributed by atoms with Crippen LogP contribution in [0.25, 0.3) is 0 Å². The molecule has 0 unspecified atom stereocenters. The summed E-state index contributed by atoms with van der Waals surface area (Å²) < 4.78 is 4.79. The lowest BCUT2D eigenvalue weighted by Gasteiger charge is -1.97. The van der Waals surface area contributed by atoms with Crippen molar-refractivity contribution >= 4 is 5.91 Å². The lowest BCUT2D eigenvalue weighted by molar-refractivity contribution is 0.0939. The summed E-state index contributed by atoms with van der Waals surface area (Å²) in [6.45, 7) is 5.79. The van der Waals surface area contributed by atoms with E-state index >= 15 is 0 Å². The average Bonchev–Trinajstić information content (AvgIpc) is 2.94. The van der Waals surface area contributed by atoms with Crippen LogP contribution in [-0.2, 0) is 6.54 Å². The molecule has 0 aromatic carbocycles. The van der Waals surface area contributed by atoms with Crippen LogP contribution in [0.5, 0.6) is 0 Å². The SMILES string of the molecule is Cc1nc(CNC(=O)c2n[nH]c(C(C)C)n2)no1. The highest BCUT2D eigenvalue weighted by Gasteiger charge is 2.14. The second-order valence-electron chi connectivity index (χ2n) is 4.11. The summed E-state index contributed by atoms with van der Waals surface area (Å²) in [5, 5.41) is 12.8. The van der Waals surface area contributed by atoms with Gasteiger partial charge >= 0.3 is 0 Å². The van der Waals surface area contributed by atoms with Crippen molar-refractivity contribution in [2.75, 3.05) is 0 Å². The molecule has 18 heavy (non-hydrogen) atoms. The Labute approximate surface area is 103 Å². The number of hydrogen-bond donors (Lipinski definition) is 2. The molecule has 0 radical (unpaired) electrons. The Morgan fingerprint density at radius 1 is 1.44 bits per heavy atom. The van der Waals surface area contributed by atoms with E-state index < -0.39 is 0 Å². The van der Waals surface area contributed by atoms with Gasteiger partial charge in [0.2, 0.25) is 11.7 Å². The van der Waals surface area contributed by atoms with Crippen molar-refractivity contribution < 1.29 is 9.32 Å². The van der Waals surface area contributed by atoms with Crippen LogP contribution in [0.3, 0.4) is 0 Å². The molecule has 0 aliphatic heterocycles. The van der Waals surface area contributed by atoms with Gasteiger partial charge in [-0.25, -0.2) is 4.98 Å². The smallest absolute Gasteiger partial charge is 0.291 e. The molecular formula is C10H14N6O2. The molecule has 0 atom stereocenters. The fraction of sp³-hybridized carbons (Fsp3) is 0.500. The van der Waals surface area contributed by atoms with E-state index in [0.717, 1.165) is 0 Å². The second-order valence-corrected chi connectivity index (χ2v) is 4.11. The van der Waals surface area contributed by atoms with Gasteiger partial charge < -0.3 is 9.84 Å². The van der Waals surface area contributed by atoms with Gasteiger partial charge in [0.1, 0.15) is 5.82 Å². The second kappa shape index (κ2) is 4.94. The van der Waals surface area contributed by atoms with Crippen LogP contribution in [0, 0.1) is 6.92 Å². The summed E-state index contributed by atoms with van der Waals surface area (Å²) in [7, 11) is 0. The Morgan fingerprint density at radius 2 is 2.22 bits per heavy atom. The van der Waals surface area contributed by atoms with Gasteiger partial charge in [-0.3, -0.25) is 9.89 Å². The summed E-state index contributed by atoms with van der Waals surface area (Å²) in [6.07, 6.45) is 0. The molecular weight excluding hydrogens is 236 g/mol. The van der Waals surface area contributed by atoms with E-state index in [4.69, 9.17) is 4.52 Å². The van der Waals surface area contributed by atoms with Crippen molar-refractivity contribution in [2.45, 2.75) is 33.2 Å². The number of hydrogen-bond acceptors (Lipinski definition) is 6. The molecule has 0 spiro atoms. The summed E-state index contributed by atoms with van der Waals surface area (Å²) in [4.78, 5) is 19.8. The van der Waals surface area contributed by atoms with Crippen molar-refractivity contribution in [3.63, 3.8) is 0 Å². The first-order valence-electron chi connectivity index (χ1n) is 5.56. The highest BCUT2D eigenvalue weighted by Crippen LogP contribution is 2.07. The van der Waals surface area contributed by atoms with E-state index in [0.29, 0.717) is 17.5 Å². The van der Waals surface area contributed by atoms with Crippen LogP contribution in [-0.4, -0.2) is 31.2 Å². The molecule has 0 aliphatic carbocycles. The van der Waals surface area contributed by atoms with E-state index in [1.807, 2.05) is 13.8 Å². The minimum atomic E-state index is -0.374. The first-order valence-corrected chi connectivity index (χ1v) is 5.56. The zero-order valence-electron chi connectivity index (χ0n) is 10.4. The predicted molar refractivity (Wildman–Crippen MR) is 60.7 cm³/mol. The molecule has 0 saturated carbocycles. The first kappa shape index (κ1) is 12.2. The molecule has 1 amide bonds. The quantitative estimate of drug-likeness (QED) is 0.820. The van der Waals surface area contributed by atoms with E-state index in [9.17, 15) is 4.79 Å². The maximum atomic E-state index is 11.7.